The van der Waals surface area contributed by atoms with Crippen LogP contribution in [0.2, 0.25) is 10.2 Å². The third kappa shape index (κ3) is 3.97. The molecule has 1 fully saturated rings. The average molecular weight is 365 g/mol. The lowest BCUT2D eigenvalue weighted by atomic mass is 9.95. The summed E-state index contributed by atoms with van der Waals surface area (Å²) in [6, 6.07) is 9.05. The Labute approximate surface area is 151 Å². The third-order valence-electron chi connectivity index (χ3n) is 4.25. The maximum atomic E-state index is 12.5. The second kappa shape index (κ2) is 7.36. The van der Waals surface area contributed by atoms with Gasteiger partial charge in [-0.15, -0.1) is 10.2 Å². The first-order chi connectivity index (χ1) is 11.5. The number of amides is 1. The Morgan fingerprint density at radius 2 is 1.92 bits per heavy atom. The van der Waals surface area contributed by atoms with Crippen LogP contribution in [-0.4, -0.2) is 29.2 Å². The van der Waals surface area contributed by atoms with E-state index in [1.54, 1.807) is 12.1 Å². The second-order valence-corrected chi connectivity index (χ2v) is 6.75. The second-order valence-electron chi connectivity index (χ2n) is 5.92. The van der Waals surface area contributed by atoms with Crippen LogP contribution in [-0.2, 0) is 4.79 Å². The third-order valence-corrected chi connectivity index (χ3v) is 4.69. The van der Waals surface area contributed by atoms with E-state index in [0.717, 1.165) is 43.0 Å². The predicted molar refractivity (Wildman–Crippen MR) is 96.8 cm³/mol. The first-order valence-corrected chi connectivity index (χ1v) is 8.60. The molecule has 0 radical (unpaired) electrons. The van der Waals surface area contributed by atoms with Gasteiger partial charge in [-0.05, 0) is 55.7 Å². The van der Waals surface area contributed by atoms with Crippen LogP contribution in [0.25, 0.3) is 0 Å². The number of carbonyl (C=O) groups is 1. The summed E-state index contributed by atoms with van der Waals surface area (Å²) >= 11 is 11.7. The van der Waals surface area contributed by atoms with E-state index in [-0.39, 0.29) is 11.8 Å². The van der Waals surface area contributed by atoms with Gasteiger partial charge in [0.25, 0.3) is 0 Å². The number of halogens is 2. The number of aryl methyl sites for hydroxylation is 1. The van der Waals surface area contributed by atoms with Gasteiger partial charge in [-0.1, -0.05) is 23.2 Å². The summed E-state index contributed by atoms with van der Waals surface area (Å²) in [5.74, 6) is 0.852. The van der Waals surface area contributed by atoms with Gasteiger partial charge >= 0.3 is 0 Å². The molecule has 2 heterocycles. The standard InChI is InChI=1S/C17H18Cl2N4O/c1-11-10-13(18)2-3-14(11)20-17(24)12-6-8-23(9-7-12)16-5-4-15(19)21-22-16/h2-5,10,12H,6-9H2,1H3,(H,20,24). The van der Waals surface area contributed by atoms with E-state index in [2.05, 4.69) is 20.4 Å². The number of nitrogens with one attached hydrogen (secondary N) is 1. The van der Waals surface area contributed by atoms with E-state index in [4.69, 9.17) is 23.2 Å². The quantitative estimate of drug-likeness (QED) is 0.895. The van der Waals surface area contributed by atoms with Gasteiger partial charge in [-0.3, -0.25) is 4.79 Å². The minimum absolute atomic E-state index is 0.00316. The Kier molecular flexibility index (Phi) is 5.21. The topological polar surface area (TPSA) is 58.1 Å². The number of carbonyl (C=O) groups excluding carboxylic acids is 1. The van der Waals surface area contributed by atoms with Gasteiger partial charge in [0.15, 0.2) is 11.0 Å². The van der Waals surface area contributed by atoms with E-state index >= 15 is 0 Å². The minimum atomic E-state index is -0.00316. The number of nitrogens with zero attached hydrogens (tertiary/aromatic N) is 3. The lowest BCUT2D eigenvalue weighted by Gasteiger charge is -2.31. The Bertz CT molecular complexity index is 728. The van der Waals surface area contributed by atoms with Crippen LogP contribution in [0.15, 0.2) is 30.3 Å². The van der Waals surface area contributed by atoms with E-state index in [9.17, 15) is 4.79 Å². The highest BCUT2D eigenvalue weighted by atomic mass is 35.5. The van der Waals surface area contributed by atoms with Crippen molar-refractivity contribution in [1.82, 2.24) is 10.2 Å². The molecule has 3 rings (SSSR count). The van der Waals surface area contributed by atoms with E-state index < -0.39 is 0 Å². The molecule has 1 saturated heterocycles. The number of benzene rings is 1. The van der Waals surface area contributed by atoms with Crippen molar-refractivity contribution in [2.24, 2.45) is 5.92 Å². The summed E-state index contributed by atoms with van der Waals surface area (Å²) in [4.78, 5) is 14.6. The van der Waals surface area contributed by atoms with Gasteiger partial charge in [0, 0.05) is 29.7 Å². The number of hydrogen-bond acceptors (Lipinski definition) is 4. The van der Waals surface area contributed by atoms with Gasteiger partial charge in [0.1, 0.15) is 0 Å². The lowest BCUT2D eigenvalue weighted by molar-refractivity contribution is -0.120. The zero-order valence-corrected chi connectivity index (χ0v) is 14.8. The number of piperidine rings is 1. The fourth-order valence-corrected chi connectivity index (χ4v) is 3.18. The summed E-state index contributed by atoms with van der Waals surface area (Å²) in [6.45, 7) is 3.48. The zero-order valence-electron chi connectivity index (χ0n) is 13.3. The van der Waals surface area contributed by atoms with E-state index in [0.29, 0.717) is 10.2 Å². The van der Waals surface area contributed by atoms with Crippen molar-refractivity contribution >= 4 is 40.6 Å². The molecule has 0 spiro atoms. The minimum Gasteiger partial charge on any atom is -0.355 e. The van der Waals surface area contributed by atoms with Gasteiger partial charge in [-0.25, -0.2) is 0 Å². The number of hydrogen-bond donors (Lipinski definition) is 1. The molecule has 0 atom stereocenters. The summed E-state index contributed by atoms with van der Waals surface area (Å²) in [5.41, 5.74) is 1.78. The van der Waals surface area contributed by atoms with Crippen molar-refractivity contribution in [2.75, 3.05) is 23.3 Å². The molecule has 7 heteroatoms. The van der Waals surface area contributed by atoms with Crippen molar-refractivity contribution in [1.29, 1.82) is 0 Å². The van der Waals surface area contributed by atoms with Crippen molar-refractivity contribution in [3.05, 3.63) is 46.1 Å². The van der Waals surface area contributed by atoms with Crippen molar-refractivity contribution in [3.63, 3.8) is 0 Å². The van der Waals surface area contributed by atoms with Crippen LogP contribution in [0.4, 0.5) is 11.5 Å². The van der Waals surface area contributed by atoms with Crippen molar-refractivity contribution < 1.29 is 4.79 Å². The smallest absolute Gasteiger partial charge is 0.227 e. The van der Waals surface area contributed by atoms with Crippen LogP contribution in [0.3, 0.4) is 0 Å². The predicted octanol–water partition coefficient (Wildman–Crippen LogP) is 3.95. The highest BCUT2D eigenvalue weighted by molar-refractivity contribution is 6.30. The van der Waals surface area contributed by atoms with Crippen LogP contribution in [0.1, 0.15) is 18.4 Å². The molecule has 0 aliphatic carbocycles. The lowest BCUT2D eigenvalue weighted by Crippen LogP contribution is -2.38. The maximum Gasteiger partial charge on any atom is 0.227 e. The van der Waals surface area contributed by atoms with Gasteiger partial charge < -0.3 is 10.2 Å². The number of aromatic nitrogens is 2. The molecular formula is C17H18Cl2N4O. The van der Waals surface area contributed by atoms with Crippen LogP contribution < -0.4 is 10.2 Å². The Hall–Kier alpha value is -1.85. The van der Waals surface area contributed by atoms with Gasteiger partial charge in [0.05, 0.1) is 0 Å². The van der Waals surface area contributed by atoms with Crippen LogP contribution in [0.5, 0.6) is 0 Å². The Balaban J connectivity index is 1.58. The molecule has 1 aromatic heterocycles. The van der Waals surface area contributed by atoms with Crippen LogP contribution in [0, 0.1) is 12.8 Å². The molecule has 1 amide bonds. The molecule has 0 bridgehead atoms. The summed E-state index contributed by atoms with van der Waals surface area (Å²) in [7, 11) is 0. The molecule has 2 aromatic rings. The monoisotopic (exact) mass is 364 g/mol. The van der Waals surface area contributed by atoms with E-state index in [1.165, 1.54) is 0 Å². The molecule has 126 valence electrons. The van der Waals surface area contributed by atoms with Crippen molar-refractivity contribution in [3.8, 4) is 0 Å². The molecule has 24 heavy (non-hydrogen) atoms. The fourth-order valence-electron chi connectivity index (χ4n) is 2.85. The zero-order chi connectivity index (χ0) is 17.1. The first kappa shape index (κ1) is 17.0. The SMILES string of the molecule is Cc1cc(Cl)ccc1NC(=O)C1CCN(c2ccc(Cl)nn2)CC1. The molecule has 0 saturated carbocycles. The highest BCUT2D eigenvalue weighted by Crippen LogP contribution is 2.25. The highest BCUT2D eigenvalue weighted by Gasteiger charge is 2.26. The fraction of sp³-hybridized carbons (Fsp3) is 0.353. The number of anilines is 2. The molecule has 1 N–H and O–H groups in total. The first-order valence-electron chi connectivity index (χ1n) is 7.84. The van der Waals surface area contributed by atoms with Gasteiger partial charge in [0.2, 0.25) is 5.91 Å². The largest absolute Gasteiger partial charge is 0.355 e. The molecular weight excluding hydrogens is 347 g/mol. The normalized spacial score (nSPS) is 15.4. The Morgan fingerprint density at radius 1 is 1.17 bits per heavy atom. The van der Waals surface area contributed by atoms with Gasteiger partial charge in [-0.2, -0.15) is 0 Å². The summed E-state index contributed by atoms with van der Waals surface area (Å²) < 4.78 is 0. The van der Waals surface area contributed by atoms with Crippen molar-refractivity contribution in [2.45, 2.75) is 19.8 Å². The Morgan fingerprint density at radius 3 is 2.54 bits per heavy atom. The molecule has 5 nitrogen and oxygen atoms in total. The maximum absolute atomic E-state index is 12.5. The molecule has 0 unspecified atom stereocenters. The summed E-state index contributed by atoms with van der Waals surface area (Å²) in [6.07, 6.45) is 1.56. The molecule has 1 aromatic carbocycles. The van der Waals surface area contributed by atoms with Crippen LogP contribution >= 0.6 is 23.2 Å². The van der Waals surface area contributed by atoms with E-state index in [1.807, 2.05) is 25.1 Å². The average Bonchev–Trinajstić information content (AvgIpc) is 2.58. The molecule has 1 aliphatic rings. The summed E-state index contributed by atoms with van der Waals surface area (Å²) in [5, 5.41) is 12.0. The molecule has 1 aliphatic heterocycles. The number of rotatable bonds is 3.